The SMILES string of the molecule is CCOC(=O)N=CC12CC(CC)CN(CC3C=CC=CCC3)C1C(O)C2C. The fourth-order valence-electron chi connectivity index (χ4n) is 5.23. The third kappa shape index (κ3) is 4.04. The summed E-state index contributed by atoms with van der Waals surface area (Å²) in [7, 11) is 0. The van der Waals surface area contributed by atoms with Gasteiger partial charge in [-0.1, -0.05) is 44.6 Å². The van der Waals surface area contributed by atoms with E-state index in [4.69, 9.17) is 4.74 Å². The molecule has 3 rings (SSSR count). The van der Waals surface area contributed by atoms with E-state index >= 15 is 0 Å². The minimum Gasteiger partial charge on any atom is -0.448 e. The van der Waals surface area contributed by atoms with Crippen LogP contribution in [0.4, 0.5) is 4.79 Å². The van der Waals surface area contributed by atoms with E-state index in [0.717, 1.165) is 38.8 Å². The molecule has 3 aliphatic rings. The van der Waals surface area contributed by atoms with Crippen LogP contribution >= 0.6 is 0 Å². The monoisotopic (exact) mass is 374 g/mol. The summed E-state index contributed by atoms with van der Waals surface area (Å²) in [5.41, 5.74) is -0.238. The average Bonchev–Trinajstić information content (AvgIpc) is 2.94. The molecule has 5 heteroatoms. The lowest BCUT2D eigenvalue weighted by Gasteiger charge is -2.64. The van der Waals surface area contributed by atoms with E-state index in [0.29, 0.717) is 18.4 Å². The van der Waals surface area contributed by atoms with Gasteiger partial charge >= 0.3 is 6.09 Å². The molecule has 5 nitrogen and oxygen atoms in total. The first kappa shape index (κ1) is 20.3. The van der Waals surface area contributed by atoms with E-state index in [1.54, 1.807) is 6.92 Å². The second-order valence-electron chi connectivity index (χ2n) is 8.38. The summed E-state index contributed by atoms with van der Waals surface area (Å²) in [4.78, 5) is 18.4. The first-order valence-corrected chi connectivity index (χ1v) is 10.5. The molecule has 0 aromatic heterocycles. The molecule has 0 aromatic carbocycles. The molecule has 1 saturated carbocycles. The number of hydrogen-bond donors (Lipinski definition) is 1. The maximum atomic E-state index is 11.8. The number of fused-ring (bicyclic) bond motifs is 1. The number of allylic oxidation sites excluding steroid dienone is 3. The van der Waals surface area contributed by atoms with E-state index in [-0.39, 0.29) is 23.5 Å². The van der Waals surface area contributed by atoms with E-state index in [1.807, 2.05) is 6.21 Å². The summed E-state index contributed by atoms with van der Waals surface area (Å²) in [6, 6.07) is 0.0399. The smallest absolute Gasteiger partial charge is 0.433 e. The van der Waals surface area contributed by atoms with Crippen molar-refractivity contribution in [1.82, 2.24) is 4.90 Å². The first-order valence-electron chi connectivity index (χ1n) is 10.5. The highest BCUT2D eigenvalue weighted by Gasteiger charge is 2.63. The van der Waals surface area contributed by atoms with Crippen LogP contribution in [0.2, 0.25) is 0 Å². The van der Waals surface area contributed by atoms with E-state index in [2.05, 4.69) is 48.0 Å². The van der Waals surface area contributed by atoms with Crippen LogP contribution in [0.1, 0.15) is 46.5 Å². The number of hydrogen-bond acceptors (Lipinski definition) is 4. The van der Waals surface area contributed by atoms with Crippen molar-refractivity contribution in [2.45, 2.75) is 58.6 Å². The van der Waals surface area contributed by atoms with Gasteiger partial charge in [0.15, 0.2) is 0 Å². The zero-order chi connectivity index (χ0) is 19.4. The number of aliphatic imine (C=N–C) groups is 1. The molecule has 27 heavy (non-hydrogen) atoms. The molecule has 150 valence electrons. The minimum atomic E-state index is -0.526. The molecular weight excluding hydrogens is 340 g/mol. The summed E-state index contributed by atoms with van der Waals surface area (Å²) >= 11 is 0. The number of piperidine rings is 1. The van der Waals surface area contributed by atoms with Gasteiger partial charge in [-0.25, -0.2) is 4.79 Å². The molecule has 2 fully saturated rings. The third-order valence-corrected chi connectivity index (χ3v) is 6.82. The van der Waals surface area contributed by atoms with Crippen LogP contribution in [-0.2, 0) is 4.74 Å². The number of ether oxygens (including phenoxy) is 1. The minimum absolute atomic E-state index is 0.0399. The number of aliphatic hydroxyl groups is 1. The summed E-state index contributed by atoms with van der Waals surface area (Å²) in [5.74, 6) is 1.15. The molecule has 1 N–H and O–H groups in total. The second kappa shape index (κ2) is 8.70. The van der Waals surface area contributed by atoms with Crippen LogP contribution in [0.3, 0.4) is 0 Å². The van der Waals surface area contributed by atoms with Crippen LogP contribution in [0.25, 0.3) is 0 Å². The van der Waals surface area contributed by atoms with Gasteiger partial charge in [0.05, 0.1) is 12.7 Å². The predicted molar refractivity (Wildman–Crippen MR) is 108 cm³/mol. The molecule has 0 spiro atoms. The highest BCUT2D eigenvalue weighted by molar-refractivity contribution is 5.83. The fraction of sp³-hybridized carbons (Fsp3) is 0.727. The van der Waals surface area contributed by atoms with Crippen molar-refractivity contribution in [2.24, 2.45) is 28.2 Å². The maximum absolute atomic E-state index is 11.8. The first-order chi connectivity index (χ1) is 13.0. The zero-order valence-electron chi connectivity index (χ0n) is 16.9. The van der Waals surface area contributed by atoms with Crippen LogP contribution in [0, 0.1) is 23.2 Å². The van der Waals surface area contributed by atoms with Crippen molar-refractivity contribution in [1.29, 1.82) is 0 Å². The molecule has 6 atom stereocenters. The van der Waals surface area contributed by atoms with Crippen LogP contribution in [0.15, 0.2) is 29.3 Å². The molecule has 1 amide bonds. The zero-order valence-corrected chi connectivity index (χ0v) is 16.9. The molecule has 6 unspecified atom stereocenters. The summed E-state index contributed by atoms with van der Waals surface area (Å²) in [6.07, 6.45) is 14.0. The Kier molecular flexibility index (Phi) is 6.53. The Balaban J connectivity index is 1.81. The van der Waals surface area contributed by atoms with Gasteiger partial charge < -0.3 is 9.84 Å². The van der Waals surface area contributed by atoms with Crippen molar-refractivity contribution >= 4 is 12.3 Å². The number of amides is 1. The van der Waals surface area contributed by atoms with Crippen molar-refractivity contribution in [2.75, 3.05) is 19.7 Å². The summed E-state index contributed by atoms with van der Waals surface area (Å²) in [5, 5.41) is 10.8. The molecule has 1 saturated heterocycles. The topological polar surface area (TPSA) is 62.1 Å². The van der Waals surface area contributed by atoms with Crippen LogP contribution in [0.5, 0.6) is 0 Å². The Morgan fingerprint density at radius 3 is 2.96 bits per heavy atom. The Labute approximate surface area is 163 Å². The fourth-order valence-corrected chi connectivity index (χ4v) is 5.23. The summed E-state index contributed by atoms with van der Waals surface area (Å²) in [6.45, 7) is 8.40. The highest BCUT2D eigenvalue weighted by Crippen LogP contribution is 2.55. The largest absolute Gasteiger partial charge is 0.448 e. The van der Waals surface area contributed by atoms with Gasteiger partial charge in [0, 0.05) is 30.8 Å². The van der Waals surface area contributed by atoms with E-state index in [9.17, 15) is 9.90 Å². The lowest BCUT2D eigenvalue weighted by Crippen LogP contribution is -2.74. The number of rotatable bonds is 5. The standard InChI is InChI=1S/C22H34N2O3/c1-4-17-12-22(15-23-21(26)27-5-2)16(3)19(25)20(22)24(13-17)14-18-10-8-6-7-9-11-18/h6-8,10,15-20,25H,4-5,9,11-14H2,1-3H3. The predicted octanol–water partition coefficient (Wildman–Crippen LogP) is 3.83. The van der Waals surface area contributed by atoms with Gasteiger partial charge in [-0.15, -0.1) is 0 Å². The summed E-state index contributed by atoms with van der Waals surface area (Å²) < 4.78 is 4.99. The highest BCUT2D eigenvalue weighted by atomic mass is 16.5. The van der Waals surface area contributed by atoms with E-state index < -0.39 is 6.09 Å². The molecule has 1 heterocycles. The van der Waals surface area contributed by atoms with Gasteiger partial charge in [0.2, 0.25) is 0 Å². The number of aliphatic hydroxyl groups excluding tert-OH is 1. The Hall–Kier alpha value is -1.46. The number of nitrogens with zero attached hydrogens (tertiary/aromatic N) is 2. The van der Waals surface area contributed by atoms with Gasteiger partial charge in [0.1, 0.15) is 0 Å². The molecule has 0 bridgehead atoms. The van der Waals surface area contributed by atoms with Gasteiger partial charge in [-0.3, -0.25) is 4.90 Å². The molecule has 0 radical (unpaired) electrons. The van der Waals surface area contributed by atoms with Crippen LogP contribution < -0.4 is 0 Å². The number of carbonyl (C=O) groups excluding carboxylic acids is 1. The Morgan fingerprint density at radius 2 is 2.22 bits per heavy atom. The van der Waals surface area contributed by atoms with Crippen molar-refractivity contribution < 1.29 is 14.6 Å². The maximum Gasteiger partial charge on any atom is 0.433 e. The van der Waals surface area contributed by atoms with Crippen molar-refractivity contribution in [3.05, 3.63) is 24.3 Å². The average molecular weight is 375 g/mol. The molecular formula is C22H34N2O3. The van der Waals surface area contributed by atoms with Gasteiger partial charge in [-0.2, -0.15) is 4.99 Å². The lowest BCUT2D eigenvalue weighted by molar-refractivity contribution is -0.181. The third-order valence-electron chi connectivity index (χ3n) is 6.82. The quantitative estimate of drug-likeness (QED) is 0.743. The molecule has 1 aliphatic heterocycles. The molecule has 0 aromatic rings. The van der Waals surface area contributed by atoms with Crippen molar-refractivity contribution in [3.8, 4) is 0 Å². The number of carbonyl (C=O) groups is 1. The normalized spacial score (nSPS) is 39.0. The lowest BCUT2D eigenvalue weighted by atomic mass is 9.50. The van der Waals surface area contributed by atoms with Gasteiger partial charge in [-0.05, 0) is 43.9 Å². The van der Waals surface area contributed by atoms with Gasteiger partial charge in [0.25, 0.3) is 0 Å². The van der Waals surface area contributed by atoms with E-state index in [1.165, 1.54) is 0 Å². The Bertz CT molecular complexity index is 615. The second-order valence-corrected chi connectivity index (χ2v) is 8.38. The van der Waals surface area contributed by atoms with Crippen molar-refractivity contribution in [3.63, 3.8) is 0 Å². The Morgan fingerprint density at radius 1 is 1.41 bits per heavy atom. The van der Waals surface area contributed by atoms with Crippen LogP contribution in [-0.4, -0.2) is 54.2 Å². The molecule has 2 aliphatic carbocycles. The number of likely N-dealkylation sites (tertiary alicyclic amines) is 1.